The van der Waals surface area contributed by atoms with Crippen molar-refractivity contribution in [3.8, 4) is 0 Å². The van der Waals surface area contributed by atoms with Gasteiger partial charge < -0.3 is 15.2 Å². The minimum absolute atomic E-state index is 0.374. The van der Waals surface area contributed by atoms with E-state index in [1.807, 2.05) is 12.1 Å². The van der Waals surface area contributed by atoms with E-state index < -0.39 is 5.79 Å². The van der Waals surface area contributed by atoms with Crippen LogP contribution >= 0.6 is 0 Å². The first-order valence-electron chi connectivity index (χ1n) is 5.88. The van der Waals surface area contributed by atoms with Crippen LogP contribution in [-0.2, 0) is 22.3 Å². The fraction of sp³-hybridized carbons (Fsp3) is 0.462. The summed E-state index contributed by atoms with van der Waals surface area (Å²) in [5, 5.41) is 0. The summed E-state index contributed by atoms with van der Waals surface area (Å²) in [6, 6.07) is 5.62. The van der Waals surface area contributed by atoms with Gasteiger partial charge in [-0.3, -0.25) is 4.79 Å². The second-order valence-electron chi connectivity index (χ2n) is 4.63. The first-order valence-corrected chi connectivity index (χ1v) is 5.88. The summed E-state index contributed by atoms with van der Waals surface area (Å²) in [5.74, 6) is -0.789. The molecule has 3 rings (SSSR count). The molecule has 4 heteroatoms. The van der Waals surface area contributed by atoms with Crippen molar-refractivity contribution >= 4 is 5.91 Å². The maximum atomic E-state index is 11.1. The molecule has 1 saturated heterocycles. The molecular weight excluding hydrogens is 218 g/mol. The molecule has 0 unspecified atom stereocenters. The van der Waals surface area contributed by atoms with Gasteiger partial charge in [0.05, 0.1) is 13.2 Å². The van der Waals surface area contributed by atoms with Gasteiger partial charge in [0.1, 0.15) is 0 Å². The second kappa shape index (κ2) is 3.82. The van der Waals surface area contributed by atoms with Crippen LogP contribution in [0.4, 0.5) is 0 Å². The number of hydrogen-bond donors (Lipinski definition) is 1. The van der Waals surface area contributed by atoms with Crippen molar-refractivity contribution in [2.45, 2.75) is 25.0 Å². The second-order valence-corrected chi connectivity index (χ2v) is 4.63. The minimum atomic E-state index is -0.415. The van der Waals surface area contributed by atoms with E-state index in [2.05, 4.69) is 0 Å². The topological polar surface area (TPSA) is 61.6 Å². The molecule has 0 saturated carbocycles. The number of fused-ring (bicyclic) bond motifs is 1. The number of nitrogens with two attached hydrogens (primary N) is 1. The average molecular weight is 233 g/mol. The third-order valence-corrected chi connectivity index (χ3v) is 3.54. The van der Waals surface area contributed by atoms with Crippen LogP contribution in [0.5, 0.6) is 0 Å². The predicted octanol–water partition coefficient (Wildman–Crippen LogP) is 1.02. The van der Waals surface area contributed by atoms with E-state index in [9.17, 15) is 4.79 Å². The Morgan fingerprint density at radius 3 is 2.71 bits per heavy atom. The van der Waals surface area contributed by atoms with Gasteiger partial charge in [-0.15, -0.1) is 0 Å². The molecule has 0 radical (unpaired) electrons. The van der Waals surface area contributed by atoms with E-state index >= 15 is 0 Å². The van der Waals surface area contributed by atoms with Gasteiger partial charge in [-0.25, -0.2) is 0 Å². The molecule has 2 aliphatic rings. The van der Waals surface area contributed by atoms with E-state index in [0.717, 1.165) is 19.3 Å². The van der Waals surface area contributed by atoms with Gasteiger partial charge >= 0.3 is 0 Å². The Kier molecular flexibility index (Phi) is 2.42. The van der Waals surface area contributed by atoms with Gasteiger partial charge in [0.2, 0.25) is 5.91 Å². The van der Waals surface area contributed by atoms with E-state index in [1.54, 1.807) is 6.07 Å². The summed E-state index contributed by atoms with van der Waals surface area (Å²) in [4.78, 5) is 11.1. The van der Waals surface area contributed by atoms with Crippen LogP contribution in [-0.4, -0.2) is 24.9 Å². The van der Waals surface area contributed by atoms with Gasteiger partial charge in [-0.2, -0.15) is 0 Å². The molecule has 1 spiro atoms. The van der Waals surface area contributed by atoms with Crippen LogP contribution in [0.2, 0.25) is 0 Å². The summed E-state index contributed by atoms with van der Waals surface area (Å²) in [5.41, 5.74) is 8.23. The molecule has 17 heavy (non-hydrogen) atoms. The Labute approximate surface area is 99.7 Å². The van der Waals surface area contributed by atoms with Crippen molar-refractivity contribution in [1.29, 1.82) is 0 Å². The van der Waals surface area contributed by atoms with Crippen LogP contribution in [0.1, 0.15) is 27.9 Å². The maximum absolute atomic E-state index is 11.1. The molecule has 0 atom stereocenters. The first-order chi connectivity index (χ1) is 8.19. The van der Waals surface area contributed by atoms with Gasteiger partial charge in [-0.05, 0) is 29.7 Å². The highest BCUT2D eigenvalue weighted by molar-refractivity contribution is 5.93. The smallest absolute Gasteiger partial charge is 0.248 e. The van der Waals surface area contributed by atoms with Crippen LogP contribution in [0.3, 0.4) is 0 Å². The van der Waals surface area contributed by atoms with Gasteiger partial charge in [0, 0.05) is 18.4 Å². The zero-order valence-corrected chi connectivity index (χ0v) is 9.57. The van der Waals surface area contributed by atoms with E-state index in [4.69, 9.17) is 15.2 Å². The molecule has 0 bridgehead atoms. The summed E-state index contributed by atoms with van der Waals surface area (Å²) >= 11 is 0. The Morgan fingerprint density at radius 1 is 1.24 bits per heavy atom. The Balaban J connectivity index is 1.91. The number of rotatable bonds is 1. The number of aryl methyl sites for hydroxylation is 1. The van der Waals surface area contributed by atoms with Crippen molar-refractivity contribution < 1.29 is 14.3 Å². The SMILES string of the molecule is NC(=O)c1ccc2c(c1)CCC1(C2)OCCO1. The molecule has 1 fully saturated rings. The number of ether oxygens (including phenoxy) is 2. The average Bonchev–Trinajstić information content (AvgIpc) is 2.76. The van der Waals surface area contributed by atoms with E-state index in [1.165, 1.54) is 11.1 Å². The zero-order chi connectivity index (χ0) is 11.9. The van der Waals surface area contributed by atoms with Crippen molar-refractivity contribution in [2.24, 2.45) is 5.73 Å². The summed E-state index contributed by atoms with van der Waals surface area (Å²) < 4.78 is 11.4. The molecular formula is C13H15NO3. The third kappa shape index (κ3) is 1.83. The first kappa shape index (κ1) is 10.7. The fourth-order valence-electron chi connectivity index (χ4n) is 2.63. The normalized spacial score (nSPS) is 21.4. The molecule has 2 N–H and O–H groups in total. The Bertz CT molecular complexity index is 464. The van der Waals surface area contributed by atoms with Gasteiger partial charge in [0.25, 0.3) is 0 Å². The fourth-order valence-corrected chi connectivity index (χ4v) is 2.63. The number of primary amides is 1. The quantitative estimate of drug-likeness (QED) is 0.787. The molecule has 4 nitrogen and oxygen atoms in total. The molecule has 1 aromatic rings. The standard InChI is InChI=1S/C13H15NO3/c14-12(15)10-1-2-11-8-13(16-5-6-17-13)4-3-9(11)7-10/h1-2,7H,3-6,8H2,(H2,14,15). The lowest BCUT2D eigenvalue weighted by atomic mass is 9.86. The lowest BCUT2D eigenvalue weighted by Crippen LogP contribution is -2.37. The van der Waals surface area contributed by atoms with E-state index in [-0.39, 0.29) is 5.91 Å². The largest absolute Gasteiger partial charge is 0.366 e. The Morgan fingerprint density at radius 2 is 2.00 bits per heavy atom. The molecule has 1 aliphatic carbocycles. The summed E-state index contributed by atoms with van der Waals surface area (Å²) in [6.45, 7) is 1.35. The number of carbonyl (C=O) groups excluding carboxylic acids is 1. The maximum Gasteiger partial charge on any atom is 0.248 e. The Hall–Kier alpha value is -1.39. The zero-order valence-electron chi connectivity index (χ0n) is 9.57. The highest BCUT2D eigenvalue weighted by Crippen LogP contribution is 2.35. The van der Waals surface area contributed by atoms with Crippen LogP contribution in [0.25, 0.3) is 0 Å². The van der Waals surface area contributed by atoms with Crippen LogP contribution in [0, 0.1) is 0 Å². The number of benzene rings is 1. The molecule has 1 heterocycles. The molecule has 1 aliphatic heterocycles. The van der Waals surface area contributed by atoms with Crippen LogP contribution in [0.15, 0.2) is 18.2 Å². The predicted molar refractivity (Wildman–Crippen MR) is 61.6 cm³/mol. The highest BCUT2D eigenvalue weighted by atomic mass is 16.7. The van der Waals surface area contributed by atoms with Crippen LogP contribution < -0.4 is 5.73 Å². The van der Waals surface area contributed by atoms with Gasteiger partial charge in [0.15, 0.2) is 5.79 Å². The third-order valence-electron chi connectivity index (χ3n) is 3.54. The number of carbonyl (C=O) groups is 1. The summed E-state index contributed by atoms with van der Waals surface area (Å²) in [7, 11) is 0. The molecule has 90 valence electrons. The molecule has 1 aromatic carbocycles. The highest BCUT2D eigenvalue weighted by Gasteiger charge is 2.39. The minimum Gasteiger partial charge on any atom is -0.366 e. The van der Waals surface area contributed by atoms with E-state index in [0.29, 0.717) is 18.8 Å². The van der Waals surface area contributed by atoms with Crippen molar-refractivity contribution in [2.75, 3.05) is 13.2 Å². The van der Waals surface area contributed by atoms with Gasteiger partial charge in [-0.1, -0.05) is 6.07 Å². The molecule has 0 aromatic heterocycles. The molecule has 1 amide bonds. The monoisotopic (exact) mass is 233 g/mol. The van der Waals surface area contributed by atoms with Crippen molar-refractivity contribution in [3.63, 3.8) is 0 Å². The van der Waals surface area contributed by atoms with Crippen molar-refractivity contribution in [3.05, 3.63) is 34.9 Å². The number of hydrogen-bond acceptors (Lipinski definition) is 3. The number of amides is 1. The summed E-state index contributed by atoms with van der Waals surface area (Å²) in [6.07, 6.45) is 2.49. The van der Waals surface area contributed by atoms with Crippen molar-refractivity contribution in [1.82, 2.24) is 0 Å². The lowest BCUT2D eigenvalue weighted by molar-refractivity contribution is -0.163. The lowest BCUT2D eigenvalue weighted by Gasteiger charge is -2.32.